The normalized spacial score (nSPS) is 34.7. The van der Waals surface area contributed by atoms with Gasteiger partial charge in [-0.05, 0) is 45.4 Å². The van der Waals surface area contributed by atoms with E-state index in [0.29, 0.717) is 11.9 Å². The molecule has 1 N–H and O–H groups in total. The minimum absolute atomic E-state index is 0.223. The van der Waals surface area contributed by atoms with Crippen LogP contribution < -0.4 is 5.32 Å². The van der Waals surface area contributed by atoms with Crippen molar-refractivity contribution in [1.29, 1.82) is 0 Å². The number of amides is 1. The van der Waals surface area contributed by atoms with Gasteiger partial charge in [0.1, 0.15) is 0 Å². The van der Waals surface area contributed by atoms with Crippen LogP contribution in [0.4, 0.5) is 0 Å². The third-order valence-electron chi connectivity index (χ3n) is 4.16. The number of carbonyl (C=O) groups excluding carboxylic acids is 1. The molecular formula is C13H24N2OS. The molecule has 0 radical (unpaired) electrons. The Morgan fingerprint density at radius 2 is 2.12 bits per heavy atom. The first-order valence-corrected chi connectivity index (χ1v) is 8.06. The summed E-state index contributed by atoms with van der Waals surface area (Å²) in [6, 6.07) is 0.363. The summed E-state index contributed by atoms with van der Waals surface area (Å²) in [5.41, 5.74) is 0. The zero-order valence-electron chi connectivity index (χ0n) is 10.9. The average molecular weight is 256 g/mol. The second kappa shape index (κ2) is 6.10. The zero-order chi connectivity index (χ0) is 12.3. The number of rotatable bonds is 2. The lowest BCUT2D eigenvalue weighted by Crippen LogP contribution is -2.40. The van der Waals surface area contributed by atoms with Gasteiger partial charge in [-0.3, -0.25) is 4.79 Å². The van der Waals surface area contributed by atoms with Crippen LogP contribution in [0.3, 0.4) is 0 Å². The summed E-state index contributed by atoms with van der Waals surface area (Å²) >= 11 is 1.96. The van der Waals surface area contributed by atoms with Crippen molar-refractivity contribution in [2.75, 3.05) is 25.9 Å². The molecule has 0 aromatic carbocycles. The van der Waals surface area contributed by atoms with Gasteiger partial charge in [0.15, 0.2) is 0 Å². The number of nitrogens with one attached hydrogen (secondary N) is 1. The minimum atomic E-state index is 0.223. The lowest BCUT2D eigenvalue weighted by atomic mass is 10.0. The third-order valence-corrected chi connectivity index (χ3v) is 5.30. The fourth-order valence-electron chi connectivity index (χ4n) is 2.95. The van der Waals surface area contributed by atoms with E-state index in [1.807, 2.05) is 11.8 Å². The van der Waals surface area contributed by atoms with E-state index in [9.17, 15) is 4.79 Å². The molecule has 2 fully saturated rings. The van der Waals surface area contributed by atoms with E-state index in [1.165, 1.54) is 19.3 Å². The molecule has 3 nitrogen and oxygen atoms in total. The maximum absolute atomic E-state index is 12.4. The molecule has 98 valence electrons. The predicted octanol–water partition coefficient (Wildman–Crippen LogP) is 1.73. The minimum Gasteiger partial charge on any atom is -0.342 e. The average Bonchev–Trinajstić information content (AvgIpc) is 2.64. The van der Waals surface area contributed by atoms with Crippen molar-refractivity contribution < 1.29 is 4.79 Å². The molecule has 0 aromatic heterocycles. The van der Waals surface area contributed by atoms with Crippen molar-refractivity contribution in [3.63, 3.8) is 0 Å². The van der Waals surface area contributed by atoms with Crippen molar-refractivity contribution in [2.24, 2.45) is 5.92 Å². The summed E-state index contributed by atoms with van der Waals surface area (Å²) in [5, 5.41) is 4.13. The summed E-state index contributed by atoms with van der Waals surface area (Å²) in [6.07, 6.45) is 6.81. The number of hydrogen-bond donors (Lipinski definition) is 1. The van der Waals surface area contributed by atoms with E-state index < -0.39 is 0 Å². The number of carbonyl (C=O) groups is 1. The molecule has 1 amide bonds. The topological polar surface area (TPSA) is 32.3 Å². The van der Waals surface area contributed by atoms with Crippen molar-refractivity contribution in [3.05, 3.63) is 0 Å². The SMILES string of the molecule is CSC1CCCN(C(=O)C2CCNC2C)CC1. The standard InChI is InChI=1S/C13H24N2OS/c1-10-12(5-7-14-10)13(16)15-8-3-4-11(17-2)6-9-15/h10-12,14H,3-9H2,1-2H3. The molecule has 0 aromatic rings. The van der Waals surface area contributed by atoms with Crippen molar-refractivity contribution >= 4 is 17.7 Å². The van der Waals surface area contributed by atoms with Gasteiger partial charge in [0.2, 0.25) is 5.91 Å². The summed E-state index contributed by atoms with van der Waals surface area (Å²) in [5.74, 6) is 0.616. The molecule has 0 spiro atoms. The van der Waals surface area contributed by atoms with Crippen LogP contribution in [0.2, 0.25) is 0 Å². The second-order valence-corrected chi connectivity index (χ2v) is 6.39. The molecular weight excluding hydrogens is 232 g/mol. The van der Waals surface area contributed by atoms with Crippen LogP contribution in [-0.4, -0.2) is 48.0 Å². The monoisotopic (exact) mass is 256 g/mol. The largest absolute Gasteiger partial charge is 0.342 e. The molecule has 2 aliphatic rings. The highest BCUT2D eigenvalue weighted by molar-refractivity contribution is 7.99. The van der Waals surface area contributed by atoms with Gasteiger partial charge >= 0.3 is 0 Å². The van der Waals surface area contributed by atoms with Gasteiger partial charge in [0.25, 0.3) is 0 Å². The number of hydrogen-bond acceptors (Lipinski definition) is 3. The van der Waals surface area contributed by atoms with E-state index in [1.54, 1.807) is 0 Å². The van der Waals surface area contributed by atoms with Crippen LogP contribution in [0.1, 0.15) is 32.6 Å². The lowest BCUT2D eigenvalue weighted by molar-refractivity contribution is -0.135. The fraction of sp³-hybridized carbons (Fsp3) is 0.923. The van der Waals surface area contributed by atoms with E-state index in [0.717, 1.165) is 31.3 Å². The highest BCUT2D eigenvalue weighted by atomic mass is 32.2. The second-order valence-electron chi connectivity index (χ2n) is 5.25. The zero-order valence-corrected chi connectivity index (χ0v) is 11.8. The molecule has 2 rings (SSSR count). The Kier molecular flexibility index (Phi) is 4.74. The van der Waals surface area contributed by atoms with Gasteiger partial charge in [0.05, 0.1) is 5.92 Å². The molecule has 0 saturated carbocycles. The van der Waals surface area contributed by atoms with Crippen LogP contribution in [-0.2, 0) is 4.79 Å². The van der Waals surface area contributed by atoms with Crippen LogP contribution in [0.15, 0.2) is 0 Å². The summed E-state index contributed by atoms with van der Waals surface area (Å²) in [4.78, 5) is 14.6. The lowest BCUT2D eigenvalue weighted by Gasteiger charge is -2.25. The van der Waals surface area contributed by atoms with Gasteiger partial charge in [-0.15, -0.1) is 0 Å². The van der Waals surface area contributed by atoms with Crippen LogP contribution in [0, 0.1) is 5.92 Å². The summed E-state index contributed by atoms with van der Waals surface area (Å²) < 4.78 is 0. The van der Waals surface area contributed by atoms with E-state index in [4.69, 9.17) is 0 Å². The van der Waals surface area contributed by atoms with Gasteiger partial charge in [-0.25, -0.2) is 0 Å². The highest BCUT2D eigenvalue weighted by Crippen LogP contribution is 2.24. The van der Waals surface area contributed by atoms with Gasteiger partial charge < -0.3 is 10.2 Å². The molecule has 0 bridgehead atoms. The van der Waals surface area contributed by atoms with Gasteiger partial charge in [-0.2, -0.15) is 11.8 Å². The van der Waals surface area contributed by atoms with Crippen LogP contribution >= 0.6 is 11.8 Å². The first-order chi connectivity index (χ1) is 8.22. The summed E-state index contributed by atoms with van der Waals surface area (Å²) in [6.45, 7) is 5.07. The molecule has 2 heterocycles. The third kappa shape index (κ3) is 3.16. The molecule has 2 saturated heterocycles. The maximum atomic E-state index is 12.4. The highest BCUT2D eigenvalue weighted by Gasteiger charge is 2.33. The number of nitrogens with zero attached hydrogens (tertiary/aromatic N) is 1. The van der Waals surface area contributed by atoms with Crippen LogP contribution in [0.25, 0.3) is 0 Å². The Labute approximate surface area is 109 Å². The predicted molar refractivity (Wildman–Crippen MR) is 73.3 cm³/mol. The quantitative estimate of drug-likeness (QED) is 0.816. The first-order valence-electron chi connectivity index (χ1n) is 6.77. The van der Waals surface area contributed by atoms with Crippen molar-refractivity contribution in [3.8, 4) is 0 Å². The molecule has 3 atom stereocenters. The van der Waals surface area contributed by atoms with E-state index in [2.05, 4.69) is 23.4 Å². The van der Waals surface area contributed by atoms with E-state index >= 15 is 0 Å². The Morgan fingerprint density at radius 1 is 1.29 bits per heavy atom. The molecule has 17 heavy (non-hydrogen) atoms. The Bertz CT molecular complexity index is 272. The number of likely N-dealkylation sites (tertiary alicyclic amines) is 1. The molecule has 0 aliphatic carbocycles. The number of thioether (sulfide) groups is 1. The van der Waals surface area contributed by atoms with Crippen molar-refractivity contribution in [1.82, 2.24) is 10.2 Å². The molecule has 2 aliphatic heterocycles. The van der Waals surface area contributed by atoms with Gasteiger partial charge in [0, 0.05) is 24.4 Å². The smallest absolute Gasteiger partial charge is 0.227 e. The Balaban J connectivity index is 1.90. The Hall–Kier alpha value is -0.220. The first kappa shape index (κ1) is 13.2. The Morgan fingerprint density at radius 3 is 2.76 bits per heavy atom. The summed E-state index contributed by atoms with van der Waals surface area (Å²) in [7, 11) is 0. The fourth-order valence-corrected chi connectivity index (χ4v) is 3.70. The maximum Gasteiger partial charge on any atom is 0.227 e. The van der Waals surface area contributed by atoms with Crippen LogP contribution in [0.5, 0.6) is 0 Å². The van der Waals surface area contributed by atoms with Gasteiger partial charge in [-0.1, -0.05) is 0 Å². The molecule has 3 unspecified atom stereocenters. The van der Waals surface area contributed by atoms with Crippen molar-refractivity contribution in [2.45, 2.75) is 43.9 Å². The van der Waals surface area contributed by atoms with E-state index in [-0.39, 0.29) is 5.92 Å². The molecule has 4 heteroatoms.